The van der Waals surface area contributed by atoms with Gasteiger partial charge in [0.15, 0.2) is 5.03 Å². The Bertz CT molecular complexity index is 711. The monoisotopic (exact) mass is 292 g/mol. The fraction of sp³-hybridized carbons (Fsp3) is 0.385. The molecular formula is C13H16N4O2S. The zero-order valence-electron chi connectivity index (χ0n) is 11.4. The van der Waals surface area contributed by atoms with E-state index < -0.39 is 10.0 Å². The van der Waals surface area contributed by atoms with Gasteiger partial charge in [0.05, 0.1) is 18.6 Å². The van der Waals surface area contributed by atoms with Gasteiger partial charge in [0.2, 0.25) is 0 Å². The minimum Gasteiger partial charge on any atom is -0.334 e. The second kappa shape index (κ2) is 4.68. The molecule has 1 aliphatic rings. The molecule has 0 saturated heterocycles. The first-order valence-corrected chi connectivity index (χ1v) is 7.89. The normalized spacial score (nSPS) is 15.8. The third-order valence-corrected chi connectivity index (χ3v) is 5.11. The molecule has 0 fully saturated rings. The van der Waals surface area contributed by atoms with Gasteiger partial charge in [-0.15, -0.1) is 0 Å². The van der Waals surface area contributed by atoms with Crippen molar-refractivity contribution in [2.45, 2.75) is 38.0 Å². The van der Waals surface area contributed by atoms with E-state index in [-0.39, 0.29) is 11.1 Å². The highest BCUT2D eigenvalue weighted by atomic mass is 32.2. The third kappa shape index (κ3) is 2.12. The molecule has 20 heavy (non-hydrogen) atoms. The molecule has 0 spiro atoms. The molecule has 0 aromatic carbocycles. The van der Waals surface area contributed by atoms with Gasteiger partial charge in [0.25, 0.3) is 10.0 Å². The Hall–Kier alpha value is -1.73. The maximum atomic E-state index is 12.6. The van der Waals surface area contributed by atoms with Crippen LogP contribution in [0.25, 0.3) is 0 Å². The van der Waals surface area contributed by atoms with Gasteiger partial charge < -0.3 is 4.57 Å². The Labute approximate surface area is 118 Å². The van der Waals surface area contributed by atoms with E-state index in [1.165, 1.54) is 4.31 Å². The molecule has 0 unspecified atom stereocenters. The van der Waals surface area contributed by atoms with Crippen LogP contribution in [-0.2, 0) is 23.1 Å². The number of hydrogen-bond donors (Lipinski definition) is 0. The highest BCUT2D eigenvalue weighted by molar-refractivity contribution is 7.89. The lowest BCUT2D eigenvalue weighted by atomic mass is 10.2. The standard InChI is InChI=1S/C13H16N4O2S/c1-10(2)16-8-13(15-9-16)20(18,19)17-6-11-4-3-5-14-12(11)7-17/h3-5,8-10H,6-7H2,1-2H3. The minimum absolute atomic E-state index is 0.0963. The first-order valence-electron chi connectivity index (χ1n) is 6.45. The third-order valence-electron chi connectivity index (χ3n) is 3.44. The summed E-state index contributed by atoms with van der Waals surface area (Å²) in [5, 5.41) is 0.0963. The van der Waals surface area contributed by atoms with Crippen LogP contribution in [0.3, 0.4) is 0 Å². The molecule has 3 rings (SSSR count). The second-order valence-electron chi connectivity index (χ2n) is 5.14. The molecule has 7 heteroatoms. The van der Waals surface area contributed by atoms with Gasteiger partial charge in [0.1, 0.15) is 0 Å². The summed E-state index contributed by atoms with van der Waals surface area (Å²) in [5.41, 5.74) is 1.78. The topological polar surface area (TPSA) is 68.1 Å². The van der Waals surface area contributed by atoms with Crippen molar-refractivity contribution in [1.82, 2.24) is 18.8 Å². The van der Waals surface area contributed by atoms with Crippen molar-refractivity contribution < 1.29 is 8.42 Å². The quantitative estimate of drug-likeness (QED) is 0.861. The lowest BCUT2D eigenvalue weighted by Gasteiger charge is -2.13. The first-order chi connectivity index (χ1) is 9.48. The molecule has 0 aliphatic carbocycles. The predicted molar refractivity (Wildman–Crippen MR) is 73.3 cm³/mol. The van der Waals surface area contributed by atoms with Gasteiger partial charge in [-0.05, 0) is 25.5 Å². The number of rotatable bonds is 3. The zero-order valence-corrected chi connectivity index (χ0v) is 12.2. The SMILES string of the molecule is CC(C)n1cnc(S(=O)(=O)N2Cc3cccnc3C2)c1. The van der Waals surface area contributed by atoms with Crippen LogP contribution in [0.5, 0.6) is 0 Å². The van der Waals surface area contributed by atoms with Crippen molar-refractivity contribution in [2.24, 2.45) is 0 Å². The van der Waals surface area contributed by atoms with Gasteiger partial charge in [-0.25, -0.2) is 13.4 Å². The molecule has 0 saturated carbocycles. The van der Waals surface area contributed by atoms with Crippen molar-refractivity contribution >= 4 is 10.0 Å². The Kier molecular flexibility index (Phi) is 3.10. The van der Waals surface area contributed by atoms with Gasteiger partial charge in [-0.1, -0.05) is 6.07 Å². The van der Waals surface area contributed by atoms with Gasteiger partial charge in [0, 0.05) is 25.0 Å². The van der Waals surface area contributed by atoms with Crippen molar-refractivity contribution in [1.29, 1.82) is 0 Å². The average Bonchev–Trinajstić information content (AvgIpc) is 3.06. The number of hydrogen-bond acceptors (Lipinski definition) is 4. The molecule has 0 amide bonds. The summed E-state index contributed by atoms with van der Waals surface area (Å²) in [6, 6.07) is 3.91. The average molecular weight is 292 g/mol. The smallest absolute Gasteiger partial charge is 0.262 e. The molecule has 6 nitrogen and oxygen atoms in total. The number of imidazole rings is 1. The molecule has 2 aromatic heterocycles. The second-order valence-corrected chi connectivity index (χ2v) is 7.02. The summed E-state index contributed by atoms with van der Waals surface area (Å²) in [5.74, 6) is 0. The Morgan fingerprint density at radius 1 is 1.25 bits per heavy atom. The van der Waals surface area contributed by atoms with Crippen LogP contribution < -0.4 is 0 Å². The van der Waals surface area contributed by atoms with Crippen molar-refractivity contribution in [3.05, 3.63) is 42.1 Å². The lowest BCUT2D eigenvalue weighted by Crippen LogP contribution is -2.26. The van der Waals surface area contributed by atoms with Crippen LogP contribution >= 0.6 is 0 Å². The maximum absolute atomic E-state index is 12.6. The molecule has 106 valence electrons. The predicted octanol–water partition coefficient (Wildman–Crippen LogP) is 1.56. The van der Waals surface area contributed by atoms with Crippen LogP contribution in [0.1, 0.15) is 31.1 Å². The fourth-order valence-electron chi connectivity index (χ4n) is 2.21. The van der Waals surface area contributed by atoms with Crippen LogP contribution in [-0.4, -0.2) is 27.3 Å². The molecular weight excluding hydrogens is 276 g/mol. The summed E-state index contributed by atoms with van der Waals surface area (Å²) in [6.45, 7) is 4.63. The Balaban J connectivity index is 1.90. The van der Waals surface area contributed by atoms with E-state index in [2.05, 4.69) is 9.97 Å². The molecule has 0 radical (unpaired) electrons. The minimum atomic E-state index is -3.56. The molecule has 3 heterocycles. The van der Waals surface area contributed by atoms with E-state index in [1.54, 1.807) is 23.3 Å². The van der Waals surface area contributed by atoms with Crippen molar-refractivity contribution in [2.75, 3.05) is 0 Å². The number of fused-ring (bicyclic) bond motifs is 1. The summed E-state index contributed by atoms with van der Waals surface area (Å²) >= 11 is 0. The van der Waals surface area contributed by atoms with E-state index in [9.17, 15) is 8.42 Å². The highest BCUT2D eigenvalue weighted by Crippen LogP contribution is 2.26. The summed E-state index contributed by atoms with van der Waals surface area (Å²) < 4.78 is 28.3. The van der Waals surface area contributed by atoms with Crippen LogP contribution in [0.4, 0.5) is 0 Å². The van der Waals surface area contributed by atoms with Crippen molar-refractivity contribution in [3.8, 4) is 0 Å². The van der Waals surface area contributed by atoms with Crippen LogP contribution in [0, 0.1) is 0 Å². The molecule has 1 aliphatic heterocycles. The summed E-state index contributed by atoms with van der Waals surface area (Å²) in [4.78, 5) is 8.25. The Morgan fingerprint density at radius 3 is 2.70 bits per heavy atom. The molecule has 0 bridgehead atoms. The van der Waals surface area contributed by atoms with Gasteiger partial charge in [-0.2, -0.15) is 4.31 Å². The van der Waals surface area contributed by atoms with Crippen LogP contribution in [0.15, 0.2) is 35.9 Å². The van der Waals surface area contributed by atoms with E-state index in [0.717, 1.165) is 11.3 Å². The lowest BCUT2D eigenvalue weighted by molar-refractivity contribution is 0.427. The molecule has 2 aromatic rings. The first kappa shape index (κ1) is 13.3. The van der Waals surface area contributed by atoms with E-state index >= 15 is 0 Å². The number of aromatic nitrogens is 3. The molecule has 0 atom stereocenters. The van der Waals surface area contributed by atoms with Gasteiger partial charge in [-0.3, -0.25) is 4.98 Å². The maximum Gasteiger partial charge on any atom is 0.262 e. The fourth-order valence-corrected chi connectivity index (χ4v) is 3.51. The van der Waals surface area contributed by atoms with Gasteiger partial charge >= 0.3 is 0 Å². The number of sulfonamides is 1. The van der Waals surface area contributed by atoms with Crippen molar-refractivity contribution in [3.63, 3.8) is 0 Å². The summed E-state index contributed by atoms with van der Waals surface area (Å²) in [6.07, 6.45) is 4.82. The largest absolute Gasteiger partial charge is 0.334 e. The van der Waals surface area contributed by atoms with E-state index in [0.29, 0.717) is 13.1 Å². The van der Waals surface area contributed by atoms with Crippen LogP contribution in [0.2, 0.25) is 0 Å². The highest BCUT2D eigenvalue weighted by Gasteiger charge is 2.32. The molecule has 0 N–H and O–H groups in total. The van der Waals surface area contributed by atoms with E-state index in [1.807, 2.05) is 26.0 Å². The summed E-state index contributed by atoms with van der Waals surface area (Å²) in [7, 11) is -3.56. The number of pyridine rings is 1. The number of nitrogens with zero attached hydrogens (tertiary/aromatic N) is 4. The zero-order chi connectivity index (χ0) is 14.3. The Morgan fingerprint density at radius 2 is 2.05 bits per heavy atom. The van der Waals surface area contributed by atoms with E-state index in [4.69, 9.17) is 0 Å².